The number of ether oxygens (including phenoxy) is 1. The molecule has 0 saturated carbocycles. The van der Waals surface area contributed by atoms with E-state index >= 15 is 0 Å². The third kappa shape index (κ3) is 3.96. The first kappa shape index (κ1) is 15.5. The van der Waals surface area contributed by atoms with Crippen LogP contribution in [0.3, 0.4) is 0 Å². The summed E-state index contributed by atoms with van der Waals surface area (Å²) in [6.45, 7) is 1.65. The average molecular weight is 329 g/mol. The number of nitrogens with zero attached hydrogens (tertiary/aromatic N) is 1. The summed E-state index contributed by atoms with van der Waals surface area (Å²) < 4.78 is 5.78. The van der Waals surface area contributed by atoms with Crippen molar-refractivity contribution in [3.63, 3.8) is 0 Å². The Labute approximate surface area is 121 Å². The summed E-state index contributed by atoms with van der Waals surface area (Å²) in [6, 6.07) is 4.42. The highest BCUT2D eigenvalue weighted by Crippen LogP contribution is 2.25. The van der Waals surface area contributed by atoms with Crippen LogP contribution in [-0.2, 0) is 4.79 Å². The summed E-state index contributed by atoms with van der Waals surface area (Å²) in [5, 5.41) is 2.65. The van der Waals surface area contributed by atoms with E-state index in [-0.39, 0.29) is 11.8 Å². The molecular weight excluding hydrogens is 312 g/mol. The molecule has 6 heteroatoms. The van der Waals surface area contributed by atoms with Gasteiger partial charge in [0, 0.05) is 19.7 Å². The van der Waals surface area contributed by atoms with Gasteiger partial charge in [-0.1, -0.05) is 0 Å². The highest BCUT2D eigenvalue weighted by molar-refractivity contribution is 9.10. The second kappa shape index (κ2) is 6.56. The zero-order valence-corrected chi connectivity index (χ0v) is 12.9. The molecule has 1 rings (SSSR count). The van der Waals surface area contributed by atoms with Crippen molar-refractivity contribution < 1.29 is 14.3 Å². The quantitative estimate of drug-likeness (QED) is 0.914. The van der Waals surface area contributed by atoms with Gasteiger partial charge in [-0.05, 0) is 41.1 Å². The Bertz CT molecular complexity index is 489. The summed E-state index contributed by atoms with van der Waals surface area (Å²) in [5.41, 5.74) is 0.464. The van der Waals surface area contributed by atoms with Crippen LogP contribution < -0.4 is 10.1 Å². The summed E-state index contributed by atoms with van der Waals surface area (Å²) >= 11 is 3.31. The molecule has 0 saturated heterocycles. The van der Waals surface area contributed by atoms with E-state index in [0.717, 1.165) is 0 Å². The topological polar surface area (TPSA) is 58.6 Å². The number of benzene rings is 1. The molecular formula is C13H17BrN2O3. The van der Waals surface area contributed by atoms with E-state index in [1.165, 1.54) is 4.90 Å². The molecule has 1 N–H and O–H groups in total. The summed E-state index contributed by atoms with van der Waals surface area (Å²) in [5.74, 6) is 0.195. The third-order valence-electron chi connectivity index (χ3n) is 2.57. The van der Waals surface area contributed by atoms with Gasteiger partial charge < -0.3 is 15.0 Å². The lowest BCUT2D eigenvalue weighted by Gasteiger charge is -2.18. The Morgan fingerprint density at radius 1 is 1.37 bits per heavy atom. The van der Waals surface area contributed by atoms with Crippen molar-refractivity contribution in [2.75, 3.05) is 21.2 Å². The highest BCUT2D eigenvalue weighted by atomic mass is 79.9. The van der Waals surface area contributed by atoms with E-state index < -0.39 is 6.04 Å². The van der Waals surface area contributed by atoms with Crippen LogP contribution in [0.2, 0.25) is 0 Å². The van der Waals surface area contributed by atoms with Crippen molar-refractivity contribution in [3.8, 4) is 5.75 Å². The van der Waals surface area contributed by atoms with Crippen molar-refractivity contribution in [1.82, 2.24) is 10.2 Å². The van der Waals surface area contributed by atoms with Gasteiger partial charge in [0.2, 0.25) is 5.91 Å². The summed E-state index contributed by atoms with van der Waals surface area (Å²) in [6.07, 6.45) is 0. The third-order valence-corrected chi connectivity index (χ3v) is 3.19. The highest BCUT2D eigenvalue weighted by Gasteiger charge is 2.18. The maximum Gasteiger partial charge on any atom is 0.251 e. The lowest BCUT2D eigenvalue weighted by atomic mass is 10.2. The molecule has 0 spiro atoms. The predicted molar refractivity (Wildman–Crippen MR) is 76.3 cm³/mol. The van der Waals surface area contributed by atoms with Gasteiger partial charge in [0.15, 0.2) is 0 Å². The number of hydrogen-bond acceptors (Lipinski definition) is 3. The van der Waals surface area contributed by atoms with Crippen molar-refractivity contribution in [2.24, 2.45) is 0 Å². The van der Waals surface area contributed by atoms with Gasteiger partial charge >= 0.3 is 0 Å². The molecule has 0 aliphatic heterocycles. The Morgan fingerprint density at radius 3 is 2.47 bits per heavy atom. The molecule has 5 nitrogen and oxygen atoms in total. The Kier molecular flexibility index (Phi) is 5.35. The molecule has 2 amide bonds. The van der Waals surface area contributed by atoms with Gasteiger partial charge in [-0.3, -0.25) is 9.59 Å². The molecule has 0 aliphatic rings. The minimum Gasteiger partial charge on any atom is -0.496 e. The van der Waals surface area contributed by atoms with Crippen LogP contribution >= 0.6 is 15.9 Å². The standard InChI is InChI=1S/C13H17BrN2O3/c1-8(13(18)16(2)3)15-12(17)9-5-6-11(19-4)10(14)7-9/h5-8H,1-4H3,(H,15,17). The van der Waals surface area contributed by atoms with Crippen LogP contribution in [0.4, 0.5) is 0 Å². The monoisotopic (exact) mass is 328 g/mol. The van der Waals surface area contributed by atoms with Crippen molar-refractivity contribution in [3.05, 3.63) is 28.2 Å². The first-order valence-corrected chi connectivity index (χ1v) is 6.51. The SMILES string of the molecule is COc1ccc(C(=O)NC(C)C(=O)N(C)C)cc1Br. The van der Waals surface area contributed by atoms with Gasteiger partial charge in [0.1, 0.15) is 11.8 Å². The zero-order chi connectivity index (χ0) is 14.6. The van der Waals surface area contributed by atoms with Crippen LogP contribution in [0, 0.1) is 0 Å². The first-order valence-electron chi connectivity index (χ1n) is 5.72. The normalized spacial score (nSPS) is 11.6. The molecule has 0 fully saturated rings. The smallest absolute Gasteiger partial charge is 0.251 e. The summed E-state index contributed by atoms with van der Waals surface area (Å²) in [4.78, 5) is 25.1. The van der Waals surface area contributed by atoms with E-state index in [0.29, 0.717) is 15.8 Å². The predicted octanol–water partition coefficient (Wildman–Crippen LogP) is 1.66. The molecule has 19 heavy (non-hydrogen) atoms. The maximum atomic E-state index is 12.0. The number of nitrogens with one attached hydrogen (secondary N) is 1. The van der Waals surface area contributed by atoms with Gasteiger partial charge in [0.05, 0.1) is 11.6 Å². The number of methoxy groups -OCH3 is 1. The van der Waals surface area contributed by atoms with Gasteiger partial charge in [0.25, 0.3) is 5.91 Å². The van der Waals surface area contributed by atoms with Gasteiger partial charge in [-0.2, -0.15) is 0 Å². The lowest BCUT2D eigenvalue weighted by Crippen LogP contribution is -2.44. The molecule has 1 unspecified atom stereocenters. The number of likely N-dealkylation sites (N-methyl/N-ethyl adjacent to an activating group) is 1. The lowest BCUT2D eigenvalue weighted by molar-refractivity contribution is -0.130. The number of rotatable bonds is 4. The number of carbonyl (C=O) groups excluding carboxylic acids is 2. The number of carbonyl (C=O) groups is 2. The maximum absolute atomic E-state index is 12.0. The molecule has 1 atom stereocenters. The Hall–Kier alpha value is -1.56. The van der Waals surface area contributed by atoms with Crippen LogP contribution in [0.1, 0.15) is 17.3 Å². The second-order valence-corrected chi connectivity index (χ2v) is 5.13. The first-order chi connectivity index (χ1) is 8.86. The molecule has 1 aromatic rings. The van der Waals surface area contributed by atoms with Crippen molar-refractivity contribution in [2.45, 2.75) is 13.0 Å². The molecule has 0 radical (unpaired) electrons. The largest absolute Gasteiger partial charge is 0.496 e. The van der Waals surface area contributed by atoms with Crippen LogP contribution in [-0.4, -0.2) is 44.0 Å². The Balaban J connectivity index is 2.79. The summed E-state index contributed by atoms with van der Waals surface area (Å²) in [7, 11) is 4.85. The fraction of sp³-hybridized carbons (Fsp3) is 0.385. The van der Waals surface area contributed by atoms with E-state index in [9.17, 15) is 9.59 Å². The van der Waals surface area contributed by atoms with Gasteiger partial charge in [-0.15, -0.1) is 0 Å². The molecule has 0 aliphatic carbocycles. The number of hydrogen-bond donors (Lipinski definition) is 1. The minimum atomic E-state index is -0.566. The van der Waals surface area contributed by atoms with Crippen LogP contribution in [0.25, 0.3) is 0 Å². The van der Waals surface area contributed by atoms with Gasteiger partial charge in [-0.25, -0.2) is 0 Å². The second-order valence-electron chi connectivity index (χ2n) is 4.28. The molecule has 0 aromatic heterocycles. The Morgan fingerprint density at radius 2 is 2.00 bits per heavy atom. The average Bonchev–Trinajstić information content (AvgIpc) is 2.37. The van der Waals surface area contributed by atoms with Crippen LogP contribution in [0.15, 0.2) is 22.7 Å². The fourth-order valence-corrected chi connectivity index (χ4v) is 2.08. The molecule has 0 heterocycles. The van der Waals surface area contributed by atoms with E-state index in [1.807, 2.05) is 0 Å². The molecule has 104 valence electrons. The minimum absolute atomic E-state index is 0.152. The number of amides is 2. The van der Waals surface area contributed by atoms with Crippen LogP contribution in [0.5, 0.6) is 5.75 Å². The number of halogens is 1. The van der Waals surface area contributed by atoms with Crippen molar-refractivity contribution in [1.29, 1.82) is 0 Å². The van der Waals surface area contributed by atoms with E-state index in [4.69, 9.17) is 4.74 Å². The van der Waals surface area contributed by atoms with E-state index in [1.54, 1.807) is 46.3 Å². The zero-order valence-electron chi connectivity index (χ0n) is 11.4. The fourth-order valence-electron chi connectivity index (χ4n) is 1.54. The van der Waals surface area contributed by atoms with E-state index in [2.05, 4.69) is 21.2 Å². The molecule has 0 bridgehead atoms. The molecule has 1 aromatic carbocycles. The van der Waals surface area contributed by atoms with Crippen molar-refractivity contribution >= 4 is 27.7 Å².